The maximum atomic E-state index is 8.40. The molecule has 0 aromatic heterocycles. The molecule has 0 radical (unpaired) electrons. The Kier molecular flexibility index (Phi) is 3.56. The van der Waals surface area contributed by atoms with Crippen LogP contribution in [0.3, 0.4) is 0 Å². The van der Waals surface area contributed by atoms with Crippen molar-refractivity contribution < 1.29 is 29.8 Å². The Labute approximate surface area is 47.2 Å². The van der Waals surface area contributed by atoms with Crippen LogP contribution < -0.4 is 0 Å². The molecule has 0 aromatic rings. The van der Waals surface area contributed by atoms with Gasteiger partial charge in [0.15, 0.2) is 0 Å². The first kappa shape index (κ1) is 5.84. The van der Waals surface area contributed by atoms with Crippen molar-refractivity contribution in [3.8, 4) is 0 Å². The average molecular weight is 150 g/mol. The summed E-state index contributed by atoms with van der Waals surface area (Å²) in [5.74, 6) is 0. The molecule has 2 heteroatoms. The SMILES string of the molecule is CC[CH](O)[Zr]. The van der Waals surface area contributed by atoms with Crippen molar-refractivity contribution in [1.29, 1.82) is 0 Å². The van der Waals surface area contributed by atoms with E-state index >= 15 is 0 Å². The molecule has 29 valence electrons. The van der Waals surface area contributed by atoms with E-state index in [4.69, 9.17) is 5.11 Å². The Bertz CT molecular complexity index is 20.9. The van der Waals surface area contributed by atoms with E-state index in [0.29, 0.717) is 0 Å². The molecule has 0 saturated carbocycles. The second kappa shape index (κ2) is 3.05. The van der Waals surface area contributed by atoms with Gasteiger partial charge in [0.05, 0.1) is 0 Å². The quantitative estimate of drug-likeness (QED) is 0.568. The van der Waals surface area contributed by atoms with Crippen LogP contribution in [-0.4, -0.2) is 8.92 Å². The third-order valence-corrected chi connectivity index (χ3v) is 1.39. The molecule has 0 spiro atoms. The van der Waals surface area contributed by atoms with Gasteiger partial charge in [0.1, 0.15) is 0 Å². The molecule has 0 aliphatic carbocycles. The van der Waals surface area contributed by atoms with Crippen molar-refractivity contribution in [3.63, 3.8) is 0 Å². The van der Waals surface area contributed by atoms with Crippen LogP contribution in [0.15, 0.2) is 0 Å². The predicted molar refractivity (Wildman–Crippen MR) is 16.3 cm³/mol. The van der Waals surface area contributed by atoms with Crippen LogP contribution in [-0.2, 0) is 24.7 Å². The summed E-state index contributed by atoms with van der Waals surface area (Å²) in [5, 5.41) is 8.40. The maximum absolute atomic E-state index is 8.40. The van der Waals surface area contributed by atoms with Gasteiger partial charge >= 0.3 is 47.0 Å². The van der Waals surface area contributed by atoms with E-state index in [0.717, 1.165) is 6.42 Å². The van der Waals surface area contributed by atoms with Crippen molar-refractivity contribution in [2.24, 2.45) is 0 Å². The third kappa shape index (κ3) is 4.84. The minimum absolute atomic E-state index is 0.0257. The van der Waals surface area contributed by atoms with E-state index in [2.05, 4.69) is 0 Å². The summed E-state index contributed by atoms with van der Waals surface area (Å²) >= 11 is 1.23. The molecule has 0 aliphatic heterocycles. The van der Waals surface area contributed by atoms with Crippen molar-refractivity contribution >= 4 is 0 Å². The van der Waals surface area contributed by atoms with Gasteiger partial charge in [-0.05, 0) is 0 Å². The second-order valence-corrected chi connectivity index (χ2v) is 2.56. The monoisotopic (exact) mass is 149 g/mol. The zero-order valence-electron chi connectivity index (χ0n) is 3.23. The molecule has 1 unspecified atom stereocenters. The van der Waals surface area contributed by atoms with Crippen LogP contribution in [0.5, 0.6) is 0 Å². The van der Waals surface area contributed by atoms with Crippen molar-refractivity contribution in [3.05, 3.63) is 0 Å². The first-order valence-electron chi connectivity index (χ1n) is 1.66. The van der Waals surface area contributed by atoms with Crippen LogP contribution in [0.2, 0.25) is 0 Å². The van der Waals surface area contributed by atoms with E-state index in [-0.39, 0.29) is 3.81 Å². The Morgan fingerprint density at radius 1 is 2.00 bits per heavy atom. The molecule has 0 saturated heterocycles. The summed E-state index contributed by atoms with van der Waals surface area (Å²) < 4.78 is -0.0257. The van der Waals surface area contributed by atoms with Crippen LogP contribution >= 0.6 is 0 Å². The minimum atomic E-state index is -0.0257. The molecule has 1 N–H and O–H groups in total. The number of aliphatic hydroxyl groups is 1. The summed E-state index contributed by atoms with van der Waals surface area (Å²) in [6.07, 6.45) is 0.901. The molecule has 0 amide bonds. The van der Waals surface area contributed by atoms with Crippen LogP contribution in [0.4, 0.5) is 0 Å². The number of hydrogen-bond acceptors (Lipinski definition) is 1. The zero-order valence-corrected chi connectivity index (χ0v) is 5.69. The molecule has 5 heavy (non-hydrogen) atoms. The fourth-order valence-corrected chi connectivity index (χ4v) is 0. The van der Waals surface area contributed by atoms with Crippen molar-refractivity contribution in [2.75, 3.05) is 0 Å². The Morgan fingerprint density at radius 2 is 2.20 bits per heavy atom. The Morgan fingerprint density at radius 3 is 2.20 bits per heavy atom. The van der Waals surface area contributed by atoms with Crippen molar-refractivity contribution in [2.45, 2.75) is 17.2 Å². The number of rotatable bonds is 1. The predicted octanol–water partition coefficient (Wildman–Crippen LogP) is 0.262. The molecule has 1 nitrogen and oxygen atoms in total. The van der Waals surface area contributed by atoms with Crippen LogP contribution in [0.1, 0.15) is 13.3 Å². The summed E-state index contributed by atoms with van der Waals surface area (Å²) in [5.41, 5.74) is 0. The van der Waals surface area contributed by atoms with Gasteiger partial charge in [-0.15, -0.1) is 0 Å². The number of hydrogen-bond donors (Lipinski definition) is 1. The van der Waals surface area contributed by atoms with E-state index in [1.807, 2.05) is 6.92 Å². The summed E-state index contributed by atoms with van der Waals surface area (Å²) in [4.78, 5) is 0. The van der Waals surface area contributed by atoms with Crippen molar-refractivity contribution in [1.82, 2.24) is 0 Å². The second-order valence-electron chi connectivity index (χ2n) is 0.924. The third-order valence-electron chi connectivity index (χ3n) is 0.387. The van der Waals surface area contributed by atoms with Gasteiger partial charge in [-0.1, -0.05) is 0 Å². The zero-order chi connectivity index (χ0) is 4.28. The van der Waals surface area contributed by atoms with Gasteiger partial charge in [-0.25, -0.2) is 0 Å². The molecule has 0 heterocycles. The first-order chi connectivity index (χ1) is 2.27. The van der Waals surface area contributed by atoms with Gasteiger partial charge < -0.3 is 0 Å². The standard InChI is InChI=1S/C3H7O.Zr/c1-2-3-4;/h3-4H,2H2,1H3;. The topological polar surface area (TPSA) is 20.2 Å². The molecule has 1 atom stereocenters. The molecular formula is C3H7OZr. The summed E-state index contributed by atoms with van der Waals surface area (Å²) in [6.45, 7) is 1.97. The van der Waals surface area contributed by atoms with Crippen LogP contribution in [0, 0.1) is 0 Å². The van der Waals surface area contributed by atoms with E-state index in [9.17, 15) is 0 Å². The molecule has 0 aromatic carbocycles. The Balaban J connectivity index is 2.54. The van der Waals surface area contributed by atoms with Gasteiger partial charge in [-0.3, -0.25) is 0 Å². The molecule has 0 aliphatic rings. The average Bonchev–Trinajstić information content (AvgIpc) is 1.38. The van der Waals surface area contributed by atoms with E-state index < -0.39 is 0 Å². The fraction of sp³-hybridized carbons (Fsp3) is 1.00. The first-order valence-corrected chi connectivity index (χ1v) is 3.08. The van der Waals surface area contributed by atoms with Crippen LogP contribution in [0.25, 0.3) is 0 Å². The normalized spacial score (nSPS) is 14.6. The number of aliphatic hydroxyl groups excluding tert-OH is 1. The Hall–Kier alpha value is 0.843. The van der Waals surface area contributed by atoms with Gasteiger partial charge in [0.2, 0.25) is 0 Å². The van der Waals surface area contributed by atoms with Gasteiger partial charge in [0.25, 0.3) is 0 Å². The molecule has 0 rings (SSSR count). The molecule has 0 fully saturated rings. The van der Waals surface area contributed by atoms with Gasteiger partial charge in [0, 0.05) is 0 Å². The summed E-state index contributed by atoms with van der Waals surface area (Å²) in [6, 6.07) is 0. The fourth-order valence-electron chi connectivity index (χ4n) is 0. The molecular weight excluding hydrogens is 143 g/mol. The van der Waals surface area contributed by atoms with E-state index in [1.165, 1.54) is 24.7 Å². The summed E-state index contributed by atoms with van der Waals surface area (Å²) in [7, 11) is 0. The van der Waals surface area contributed by atoms with Gasteiger partial charge in [-0.2, -0.15) is 0 Å². The van der Waals surface area contributed by atoms with E-state index in [1.54, 1.807) is 0 Å². The molecule has 0 bridgehead atoms.